The largest absolute Gasteiger partial charge is 0.493 e. The predicted molar refractivity (Wildman–Crippen MR) is 102 cm³/mol. The van der Waals surface area contributed by atoms with E-state index in [4.69, 9.17) is 14.6 Å². The number of benzene rings is 1. The molecule has 2 heterocycles. The molecule has 28 heavy (non-hydrogen) atoms. The van der Waals surface area contributed by atoms with Crippen molar-refractivity contribution in [2.45, 2.75) is 5.92 Å². The fourth-order valence-corrected chi connectivity index (χ4v) is 3.70. The second-order valence-electron chi connectivity index (χ2n) is 6.08. The van der Waals surface area contributed by atoms with E-state index in [1.165, 1.54) is 25.4 Å². The van der Waals surface area contributed by atoms with E-state index in [1.54, 1.807) is 12.1 Å². The van der Waals surface area contributed by atoms with Crippen LogP contribution in [0.15, 0.2) is 18.5 Å². The van der Waals surface area contributed by atoms with Crippen LogP contribution in [0, 0.1) is 0 Å². The number of ether oxygens (including phenoxy) is 2. The Morgan fingerprint density at radius 1 is 1.11 bits per heavy atom. The summed E-state index contributed by atoms with van der Waals surface area (Å²) in [5.41, 5.74) is 0.480. The number of anilines is 1. The SMILES string of the molecule is COc1cc2ncnc(N3CCN(S(N)(=O)=O)CC(F)(F)C3)c2cc1OC.Cl. The summed E-state index contributed by atoms with van der Waals surface area (Å²) >= 11 is 0. The first kappa shape index (κ1) is 22.3. The van der Waals surface area contributed by atoms with Crippen LogP contribution in [0.3, 0.4) is 0 Å². The van der Waals surface area contributed by atoms with Crippen molar-refractivity contribution in [3.8, 4) is 11.5 Å². The molecule has 0 radical (unpaired) electrons. The van der Waals surface area contributed by atoms with Gasteiger partial charge in [0, 0.05) is 24.5 Å². The van der Waals surface area contributed by atoms with Gasteiger partial charge in [0.2, 0.25) is 0 Å². The van der Waals surface area contributed by atoms with Gasteiger partial charge in [-0.3, -0.25) is 0 Å². The number of methoxy groups -OCH3 is 2. The third kappa shape index (κ3) is 4.51. The average molecular weight is 440 g/mol. The molecule has 1 aromatic heterocycles. The Kier molecular flexibility index (Phi) is 6.48. The summed E-state index contributed by atoms with van der Waals surface area (Å²) in [7, 11) is -1.30. The number of hydrogen-bond acceptors (Lipinski definition) is 7. The molecule has 2 N–H and O–H groups in total. The maximum absolute atomic E-state index is 14.4. The molecular weight excluding hydrogens is 420 g/mol. The first-order valence-corrected chi connectivity index (χ1v) is 9.42. The summed E-state index contributed by atoms with van der Waals surface area (Å²) in [6.07, 6.45) is 1.25. The number of rotatable bonds is 4. The Morgan fingerprint density at radius 2 is 1.75 bits per heavy atom. The summed E-state index contributed by atoms with van der Waals surface area (Å²) in [5, 5.41) is 5.52. The quantitative estimate of drug-likeness (QED) is 0.757. The fraction of sp³-hybridized carbons (Fsp3) is 0.467. The van der Waals surface area contributed by atoms with Crippen molar-refractivity contribution in [1.29, 1.82) is 0 Å². The number of fused-ring (bicyclic) bond motifs is 1. The first-order chi connectivity index (χ1) is 12.6. The highest BCUT2D eigenvalue weighted by atomic mass is 35.5. The van der Waals surface area contributed by atoms with Crippen LogP contribution in [0.1, 0.15) is 0 Å². The van der Waals surface area contributed by atoms with E-state index in [0.717, 1.165) is 0 Å². The third-order valence-corrected chi connectivity index (χ3v) is 5.26. The zero-order chi connectivity index (χ0) is 19.8. The van der Waals surface area contributed by atoms with Crippen molar-refractivity contribution in [2.24, 2.45) is 5.14 Å². The molecule has 1 aromatic carbocycles. The second kappa shape index (κ2) is 8.15. The molecule has 1 aliphatic heterocycles. The van der Waals surface area contributed by atoms with Crippen LogP contribution in [0.4, 0.5) is 14.6 Å². The number of halogens is 3. The molecule has 0 bridgehead atoms. The van der Waals surface area contributed by atoms with Crippen LogP contribution >= 0.6 is 12.4 Å². The standard InChI is InChI=1S/C15H19F2N5O4S.ClH/c1-25-12-5-10-11(6-13(12)26-2)19-9-20-14(10)21-3-4-22(27(18,23)24)8-15(16,17)7-21;/h5-6,9H,3-4,7-8H2,1-2H3,(H2,18,23,24);1H. The third-order valence-electron chi connectivity index (χ3n) is 4.23. The molecule has 9 nitrogen and oxygen atoms in total. The molecule has 0 amide bonds. The molecule has 2 aromatic rings. The van der Waals surface area contributed by atoms with Crippen LogP contribution in [-0.2, 0) is 10.2 Å². The van der Waals surface area contributed by atoms with Gasteiger partial charge in [-0.2, -0.15) is 12.7 Å². The highest BCUT2D eigenvalue weighted by molar-refractivity contribution is 7.86. The molecule has 0 aliphatic carbocycles. The van der Waals surface area contributed by atoms with E-state index in [0.29, 0.717) is 26.7 Å². The fourth-order valence-electron chi connectivity index (χ4n) is 3.00. The summed E-state index contributed by atoms with van der Waals surface area (Å²) in [5.74, 6) is -2.22. The Morgan fingerprint density at radius 3 is 2.36 bits per heavy atom. The van der Waals surface area contributed by atoms with Crippen LogP contribution in [0.25, 0.3) is 10.9 Å². The predicted octanol–water partition coefficient (Wildman–Crippen LogP) is 1.03. The zero-order valence-corrected chi connectivity index (χ0v) is 16.8. The minimum Gasteiger partial charge on any atom is -0.493 e. The lowest BCUT2D eigenvalue weighted by Crippen LogP contribution is -2.44. The number of nitrogens with two attached hydrogens (primary N) is 1. The maximum atomic E-state index is 14.4. The molecule has 0 atom stereocenters. The van der Waals surface area contributed by atoms with Crippen molar-refractivity contribution in [1.82, 2.24) is 14.3 Å². The van der Waals surface area contributed by atoms with Gasteiger partial charge in [0.15, 0.2) is 11.5 Å². The summed E-state index contributed by atoms with van der Waals surface area (Å²) < 4.78 is 62.8. The van der Waals surface area contributed by atoms with Gasteiger partial charge in [-0.05, 0) is 6.07 Å². The lowest BCUT2D eigenvalue weighted by molar-refractivity contribution is 0.000558. The number of nitrogens with zero attached hydrogens (tertiary/aromatic N) is 4. The smallest absolute Gasteiger partial charge is 0.278 e. The van der Waals surface area contributed by atoms with Gasteiger partial charge in [-0.1, -0.05) is 0 Å². The van der Waals surface area contributed by atoms with Gasteiger partial charge in [-0.15, -0.1) is 12.4 Å². The lowest BCUT2D eigenvalue weighted by atomic mass is 10.2. The first-order valence-electron chi connectivity index (χ1n) is 7.92. The van der Waals surface area contributed by atoms with E-state index in [-0.39, 0.29) is 31.3 Å². The van der Waals surface area contributed by atoms with Crippen LogP contribution in [0.5, 0.6) is 11.5 Å². The van der Waals surface area contributed by atoms with Gasteiger partial charge >= 0.3 is 0 Å². The van der Waals surface area contributed by atoms with Crippen molar-refractivity contribution in [3.63, 3.8) is 0 Å². The number of aromatic nitrogens is 2. The molecule has 0 spiro atoms. The number of alkyl halides is 2. The van der Waals surface area contributed by atoms with Gasteiger partial charge in [0.05, 0.1) is 32.8 Å². The monoisotopic (exact) mass is 439 g/mol. The van der Waals surface area contributed by atoms with Gasteiger partial charge in [0.25, 0.3) is 16.1 Å². The topological polar surface area (TPSA) is 111 Å². The lowest BCUT2D eigenvalue weighted by Gasteiger charge is -2.25. The molecule has 1 fully saturated rings. The zero-order valence-electron chi connectivity index (χ0n) is 15.1. The summed E-state index contributed by atoms with van der Waals surface area (Å²) in [6, 6.07) is 3.22. The molecule has 1 saturated heterocycles. The van der Waals surface area contributed by atoms with Crippen LogP contribution in [0.2, 0.25) is 0 Å². The van der Waals surface area contributed by atoms with E-state index in [9.17, 15) is 17.2 Å². The molecule has 1 aliphatic rings. The normalized spacial score (nSPS) is 17.7. The van der Waals surface area contributed by atoms with Gasteiger partial charge in [-0.25, -0.2) is 23.9 Å². The van der Waals surface area contributed by atoms with Crippen molar-refractivity contribution in [3.05, 3.63) is 18.5 Å². The van der Waals surface area contributed by atoms with Gasteiger partial charge < -0.3 is 14.4 Å². The molecule has 3 rings (SSSR count). The van der Waals surface area contributed by atoms with Crippen LogP contribution in [-0.4, -0.2) is 69.0 Å². The molecule has 0 unspecified atom stereocenters. The highest BCUT2D eigenvalue weighted by Gasteiger charge is 2.40. The molecule has 156 valence electrons. The number of hydrogen-bond donors (Lipinski definition) is 1. The molecular formula is C15H20ClF2N5O4S. The van der Waals surface area contributed by atoms with Crippen molar-refractivity contribution in [2.75, 3.05) is 45.3 Å². The van der Waals surface area contributed by atoms with E-state index >= 15 is 0 Å². The Labute approximate surface area is 167 Å². The van der Waals surface area contributed by atoms with E-state index < -0.39 is 29.2 Å². The summed E-state index contributed by atoms with van der Waals surface area (Å²) in [6.45, 7) is -1.89. The van der Waals surface area contributed by atoms with E-state index in [2.05, 4.69) is 9.97 Å². The average Bonchev–Trinajstić information content (AvgIpc) is 2.77. The van der Waals surface area contributed by atoms with Gasteiger partial charge in [0.1, 0.15) is 12.1 Å². The second-order valence-corrected chi connectivity index (χ2v) is 7.62. The maximum Gasteiger partial charge on any atom is 0.278 e. The van der Waals surface area contributed by atoms with E-state index in [1.807, 2.05) is 0 Å². The molecule has 13 heteroatoms. The Bertz CT molecular complexity index is 963. The summed E-state index contributed by atoms with van der Waals surface area (Å²) in [4.78, 5) is 9.61. The van der Waals surface area contributed by atoms with Crippen molar-refractivity contribution < 1.29 is 26.7 Å². The minimum atomic E-state index is -4.23. The highest BCUT2D eigenvalue weighted by Crippen LogP contribution is 2.35. The van der Waals surface area contributed by atoms with Crippen molar-refractivity contribution >= 4 is 39.3 Å². The van der Waals surface area contributed by atoms with Crippen LogP contribution < -0.4 is 19.5 Å². The Balaban J connectivity index is 0.00000280. The molecule has 0 saturated carbocycles. The minimum absolute atomic E-state index is 0. The Hall–Kier alpha value is -2.02.